The van der Waals surface area contributed by atoms with Crippen molar-refractivity contribution in [2.45, 2.75) is 13.0 Å². The maximum atomic E-state index is 13.1. The third-order valence-corrected chi connectivity index (χ3v) is 4.66. The van der Waals surface area contributed by atoms with Gasteiger partial charge >= 0.3 is 5.97 Å². The Hall–Kier alpha value is -2.78. The highest BCUT2D eigenvalue weighted by Gasteiger charge is 2.28. The molecule has 1 aliphatic heterocycles. The molecule has 1 unspecified atom stereocenters. The van der Waals surface area contributed by atoms with Gasteiger partial charge in [0.1, 0.15) is 5.82 Å². The Labute approximate surface area is 162 Å². The van der Waals surface area contributed by atoms with Crippen LogP contribution in [0.2, 0.25) is 0 Å². The Morgan fingerprint density at radius 1 is 1.36 bits per heavy atom. The summed E-state index contributed by atoms with van der Waals surface area (Å²) in [7, 11) is 1.70. The summed E-state index contributed by atoms with van der Waals surface area (Å²) in [5.74, 6) is -1.40. The van der Waals surface area contributed by atoms with Gasteiger partial charge in [-0.2, -0.15) is 5.10 Å². The molecule has 0 aliphatic carbocycles. The van der Waals surface area contributed by atoms with Crippen molar-refractivity contribution < 1.29 is 23.8 Å². The number of rotatable bonds is 6. The number of hydrogen-bond donors (Lipinski definition) is 1. The number of benzene rings is 1. The minimum absolute atomic E-state index is 0.0860. The molecule has 3 rings (SSSR count). The second-order valence-corrected chi connectivity index (χ2v) is 6.87. The fourth-order valence-corrected chi connectivity index (χ4v) is 3.29. The molecule has 1 atom stereocenters. The van der Waals surface area contributed by atoms with Crippen LogP contribution in [-0.4, -0.2) is 82.5 Å². The Morgan fingerprint density at radius 3 is 2.75 bits per heavy atom. The largest absolute Gasteiger partial charge is 0.480 e. The molecule has 2 aromatic rings. The number of carbonyl (C=O) groups is 2. The third kappa shape index (κ3) is 4.55. The second kappa shape index (κ2) is 8.49. The maximum absolute atomic E-state index is 13.1. The lowest BCUT2D eigenvalue weighted by Gasteiger charge is -2.34. The van der Waals surface area contributed by atoms with E-state index in [0.29, 0.717) is 43.2 Å². The number of ether oxygens (including phenoxy) is 1. The van der Waals surface area contributed by atoms with Crippen LogP contribution >= 0.6 is 0 Å². The van der Waals surface area contributed by atoms with E-state index in [-0.39, 0.29) is 24.4 Å². The van der Waals surface area contributed by atoms with E-state index in [1.165, 1.54) is 18.3 Å². The Kier molecular flexibility index (Phi) is 6.05. The summed E-state index contributed by atoms with van der Waals surface area (Å²) in [4.78, 5) is 27.1. The van der Waals surface area contributed by atoms with E-state index in [4.69, 9.17) is 9.84 Å². The van der Waals surface area contributed by atoms with E-state index in [2.05, 4.69) is 5.10 Å². The van der Waals surface area contributed by atoms with Crippen molar-refractivity contribution in [2.75, 3.05) is 39.8 Å². The Balaban J connectivity index is 1.70. The summed E-state index contributed by atoms with van der Waals surface area (Å²) < 4.78 is 20.4. The van der Waals surface area contributed by atoms with E-state index in [9.17, 15) is 14.0 Å². The second-order valence-electron chi connectivity index (χ2n) is 6.87. The highest BCUT2D eigenvalue weighted by molar-refractivity contribution is 5.95. The van der Waals surface area contributed by atoms with Crippen molar-refractivity contribution in [1.82, 2.24) is 19.6 Å². The molecule has 1 aliphatic rings. The van der Waals surface area contributed by atoms with Crippen molar-refractivity contribution in [2.24, 2.45) is 0 Å². The number of hydrogen-bond acceptors (Lipinski definition) is 5. The minimum Gasteiger partial charge on any atom is -0.480 e. The quantitative estimate of drug-likeness (QED) is 0.797. The number of aromatic nitrogens is 2. The van der Waals surface area contributed by atoms with Crippen molar-refractivity contribution in [3.05, 3.63) is 47.5 Å². The first kappa shape index (κ1) is 20.0. The van der Waals surface area contributed by atoms with Gasteiger partial charge in [0.2, 0.25) is 0 Å². The number of amides is 1. The summed E-state index contributed by atoms with van der Waals surface area (Å²) in [6, 6.07) is 5.90. The molecule has 1 aromatic carbocycles. The summed E-state index contributed by atoms with van der Waals surface area (Å²) >= 11 is 0. The molecule has 9 heteroatoms. The molecule has 0 radical (unpaired) electrons. The molecule has 150 valence electrons. The number of halogens is 1. The van der Waals surface area contributed by atoms with Crippen LogP contribution in [0.4, 0.5) is 4.39 Å². The van der Waals surface area contributed by atoms with Crippen molar-refractivity contribution in [3.8, 4) is 5.69 Å². The normalized spacial score (nSPS) is 17.1. The van der Waals surface area contributed by atoms with Crippen molar-refractivity contribution >= 4 is 11.9 Å². The highest BCUT2D eigenvalue weighted by Crippen LogP contribution is 2.18. The monoisotopic (exact) mass is 390 g/mol. The molecular weight excluding hydrogens is 367 g/mol. The predicted octanol–water partition coefficient (Wildman–Crippen LogP) is 1.18. The number of carboxylic acid groups (broad SMARTS) is 1. The zero-order valence-corrected chi connectivity index (χ0v) is 15.8. The van der Waals surface area contributed by atoms with Crippen LogP contribution in [0.25, 0.3) is 5.69 Å². The zero-order valence-electron chi connectivity index (χ0n) is 15.8. The lowest BCUT2D eigenvalue weighted by molar-refractivity contribution is -0.138. The number of aliphatic carboxylic acids is 1. The molecule has 0 bridgehead atoms. The number of carbonyl (C=O) groups excluding carboxylic acids is 1. The van der Waals surface area contributed by atoms with E-state index < -0.39 is 5.97 Å². The first-order valence-electron chi connectivity index (χ1n) is 8.97. The predicted molar refractivity (Wildman–Crippen MR) is 99.0 cm³/mol. The van der Waals surface area contributed by atoms with Crippen LogP contribution < -0.4 is 0 Å². The summed E-state index contributed by atoms with van der Waals surface area (Å²) in [6.07, 6.45) is 1.26. The summed E-state index contributed by atoms with van der Waals surface area (Å²) in [6.45, 7) is 3.36. The summed E-state index contributed by atoms with van der Waals surface area (Å²) in [5, 5.41) is 13.1. The van der Waals surface area contributed by atoms with Crippen molar-refractivity contribution in [1.29, 1.82) is 0 Å². The van der Waals surface area contributed by atoms with Crippen LogP contribution in [-0.2, 0) is 9.53 Å². The van der Waals surface area contributed by atoms with Gasteiger partial charge in [-0.25, -0.2) is 9.07 Å². The minimum atomic E-state index is -0.907. The van der Waals surface area contributed by atoms with Gasteiger partial charge in [0.25, 0.3) is 5.91 Å². The standard InChI is InChI=1S/C19H23FN4O4/c1-13-17(9-21-24(13)15-5-3-14(20)4-6-15)19(27)23-7-8-28-16(11-23)10-22(2)12-18(25)26/h3-6,9,16H,7-8,10-12H2,1-2H3,(H,25,26). The van der Waals surface area contributed by atoms with Gasteiger partial charge in [-0.05, 0) is 38.2 Å². The fraction of sp³-hybridized carbons (Fsp3) is 0.421. The number of likely N-dealkylation sites (N-methyl/N-ethyl adjacent to an activating group) is 1. The Morgan fingerprint density at radius 2 is 2.07 bits per heavy atom. The molecule has 1 aromatic heterocycles. The lowest BCUT2D eigenvalue weighted by atomic mass is 10.2. The number of nitrogens with zero attached hydrogens (tertiary/aromatic N) is 4. The fourth-order valence-electron chi connectivity index (χ4n) is 3.29. The Bertz CT molecular complexity index is 852. The van der Waals surface area contributed by atoms with Gasteiger partial charge in [-0.1, -0.05) is 0 Å². The van der Waals surface area contributed by atoms with Crippen LogP contribution in [0, 0.1) is 12.7 Å². The number of carboxylic acids is 1. The number of morpholine rings is 1. The lowest BCUT2D eigenvalue weighted by Crippen LogP contribution is -2.49. The highest BCUT2D eigenvalue weighted by atomic mass is 19.1. The molecule has 1 amide bonds. The molecule has 1 fully saturated rings. The first-order valence-corrected chi connectivity index (χ1v) is 8.97. The molecular formula is C19H23FN4O4. The first-order chi connectivity index (χ1) is 13.3. The molecule has 8 nitrogen and oxygen atoms in total. The average molecular weight is 390 g/mol. The van der Waals surface area contributed by atoms with Gasteiger partial charge in [-0.3, -0.25) is 14.5 Å². The van der Waals surface area contributed by atoms with Crippen LogP contribution in [0.1, 0.15) is 16.1 Å². The van der Waals surface area contributed by atoms with Crippen molar-refractivity contribution in [3.63, 3.8) is 0 Å². The van der Waals surface area contributed by atoms with Gasteiger partial charge in [-0.15, -0.1) is 0 Å². The topological polar surface area (TPSA) is 87.9 Å². The van der Waals surface area contributed by atoms with E-state index >= 15 is 0 Å². The maximum Gasteiger partial charge on any atom is 0.317 e. The third-order valence-electron chi connectivity index (χ3n) is 4.66. The van der Waals surface area contributed by atoms with Gasteiger partial charge in [0, 0.05) is 19.6 Å². The van der Waals surface area contributed by atoms with Crippen LogP contribution in [0.3, 0.4) is 0 Å². The van der Waals surface area contributed by atoms with Crippen LogP contribution in [0.15, 0.2) is 30.5 Å². The molecule has 2 heterocycles. The molecule has 28 heavy (non-hydrogen) atoms. The zero-order chi connectivity index (χ0) is 20.3. The molecule has 0 spiro atoms. The average Bonchev–Trinajstić information content (AvgIpc) is 3.02. The van der Waals surface area contributed by atoms with Gasteiger partial charge in [0.05, 0.1) is 42.4 Å². The van der Waals surface area contributed by atoms with E-state index in [1.54, 1.807) is 40.6 Å². The smallest absolute Gasteiger partial charge is 0.317 e. The molecule has 0 saturated carbocycles. The van der Waals surface area contributed by atoms with Gasteiger partial charge in [0.15, 0.2) is 0 Å². The summed E-state index contributed by atoms with van der Waals surface area (Å²) in [5.41, 5.74) is 1.82. The molecule has 1 saturated heterocycles. The van der Waals surface area contributed by atoms with E-state index in [1.807, 2.05) is 0 Å². The SMILES string of the molecule is Cc1c(C(=O)N2CCOC(CN(C)CC(=O)O)C2)cnn1-c1ccc(F)cc1. The van der Waals surface area contributed by atoms with Crippen LogP contribution in [0.5, 0.6) is 0 Å². The van der Waals surface area contributed by atoms with E-state index in [0.717, 1.165) is 0 Å². The molecule has 1 N–H and O–H groups in total. The van der Waals surface area contributed by atoms with Gasteiger partial charge < -0.3 is 14.7 Å².